The minimum Gasteiger partial charge on any atom is -0.330 e. The van der Waals surface area contributed by atoms with Gasteiger partial charge in [0.25, 0.3) is 0 Å². The number of aromatic nitrogens is 2. The van der Waals surface area contributed by atoms with E-state index >= 15 is 0 Å². The molecule has 1 heterocycles. The topological polar surface area (TPSA) is 43.8 Å². The van der Waals surface area contributed by atoms with Crippen LogP contribution in [0.5, 0.6) is 0 Å². The Morgan fingerprint density at radius 1 is 1.53 bits per heavy atom. The van der Waals surface area contributed by atoms with Crippen LogP contribution in [-0.4, -0.2) is 16.3 Å². The molecular weight excluding hydrogens is 186 g/mol. The van der Waals surface area contributed by atoms with Crippen molar-refractivity contribution in [1.82, 2.24) is 9.78 Å². The van der Waals surface area contributed by atoms with E-state index in [1.807, 2.05) is 10.9 Å². The first-order chi connectivity index (χ1) is 7.22. The third-order valence-electron chi connectivity index (χ3n) is 3.25. The van der Waals surface area contributed by atoms with Gasteiger partial charge in [0.05, 0.1) is 6.20 Å². The first kappa shape index (κ1) is 10.7. The molecule has 0 saturated heterocycles. The molecule has 0 aliphatic heterocycles. The van der Waals surface area contributed by atoms with Crippen molar-refractivity contribution < 1.29 is 0 Å². The summed E-state index contributed by atoms with van der Waals surface area (Å²) in [6.07, 6.45) is 8.07. The second kappa shape index (κ2) is 4.35. The fourth-order valence-electron chi connectivity index (χ4n) is 2.18. The monoisotopic (exact) mass is 207 g/mol. The van der Waals surface area contributed by atoms with Crippen LogP contribution in [0.2, 0.25) is 0 Å². The van der Waals surface area contributed by atoms with Gasteiger partial charge >= 0.3 is 0 Å². The lowest BCUT2D eigenvalue weighted by Crippen LogP contribution is -2.08. The Bertz CT molecular complexity index is 312. The largest absolute Gasteiger partial charge is 0.330 e. The highest BCUT2D eigenvalue weighted by atomic mass is 15.3. The quantitative estimate of drug-likeness (QED) is 0.805. The molecule has 0 aromatic carbocycles. The molecule has 1 aromatic rings. The molecule has 1 saturated carbocycles. The van der Waals surface area contributed by atoms with Crippen LogP contribution in [0.4, 0.5) is 0 Å². The summed E-state index contributed by atoms with van der Waals surface area (Å²) in [5.74, 6) is 1.53. The SMILES string of the molecule is CC(C)n1cc(C(CCN)C2CC2)cn1. The molecule has 0 bridgehead atoms. The van der Waals surface area contributed by atoms with Crippen molar-refractivity contribution in [2.75, 3.05) is 6.54 Å². The van der Waals surface area contributed by atoms with Gasteiger partial charge in [0, 0.05) is 12.2 Å². The molecule has 1 aromatic heterocycles. The van der Waals surface area contributed by atoms with Gasteiger partial charge in [0.1, 0.15) is 0 Å². The lowest BCUT2D eigenvalue weighted by atomic mass is 9.94. The Morgan fingerprint density at radius 2 is 2.27 bits per heavy atom. The van der Waals surface area contributed by atoms with Crippen LogP contribution in [0, 0.1) is 5.92 Å². The van der Waals surface area contributed by atoms with E-state index in [2.05, 4.69) is 25.1 Å². The van der Waals surface area contributed by atoms with Gasteiger partial charge in [0.2, 0.25) is 0 Å². The van der Waals surface area contributed by atoms with Gasteiger partial charge in [-0.2, -0.15) is 5.10 Å². The molecule has 84 valence electrons. The van der Waals surface area contributed by atoms with Crippen LogP contribution in [0.15, 0.2) is 12.4 Å². The van der Waals surface area contributed by atoms with E-state index in [-0.39, 0.29) is 0 Å². The van der Waals surface area contributed by atoms with Crippen LogP contribution in [0.1, 0.15) is 50.6 Å². The fourth-order valence-corrected chi connectivity index (χ4v) is 2.18. The van der Waals surface area contributed by atoms with Gasteiger partial charge in [-0.05, 0) is 57.1 Å². The molecule has 3 heteroatoms. The smallest absolute Gasteiger partial charge is 0.0524 e. The molecule has 0 spiro atoms. The van der Waals surface area contributed by atoms with E-state index in [9.17, 15) is 0 Å². The molecule has 1 aliphatic rings. The average molecular weight is 207 g/mol. The maximum Gasteiger partial charge on any atom is 0.0524 e. The number of hydrogen-bond donors (Lipinski definition) is 1. The van der Waals surface area contributed by atoms with Gasteiger partial charge in [-0.15, -0.1) is 0 Å². The maximum atomic E-state index is 5.67. The Morgan fingerprint density at radius 3 is 2.73 bits per heavy atom. The van der Waals surface area contributed by atoms with Crippen LogP contribution in [0.25, 0.3) is 0 Å². The molecule has 3 nitrogen and oxygen atoms in total. The lowest BCUT2D eigenvalue weighted by Gasteiger charge is -2.12. The summed E-state index contributed by atoms with van der Waals surface area (Å²) in [4.78, 5) is 0. The molecule has 1 aliphatic carbocycles. The van der Waals surface area contributed by atoms with Crippen LogP contribution >= 0.6 is 0 Å². The van der Waals surface area contributed by atoms with Crippen molar-refractivity contribution in [3.8, 4) is 0 Å². The highest BCUT2D eigenvalue weighted by molar-refractivity contribution is 5.15. The second-order valence-electron chi connectivity index (χ2n) is 4.87. The zero-order valence-electron chi connectivity index (χ0n) is 9.69. The predicted molar refractivity (Wildman–Crippen MR) is 61.7 cm³/mol. The zero-order chi connectivity index (χ0) is 10.8. The highest BCUT2D eigenvalue weighted by Crippen LogP contribution is 2.44. The van der Waals surface area contributed by atoms with Crippen LogP contribution in [-0.2, 0) is 0 Å². The zero-order valence-corrected chi connectivity index (χ0v) is 9.69. The molecule has 1 fully saturated rings. The van der Waals surface area contributed by atoms with Crippen molar-refractivity contribution in [1.29, 1.82) is 0 Å². The summed E-state index contributed by atoms with van der Waals surface area (Å²) in [5, 5.41) is 4.40. The van der Waals surface area contributed by atoms with Crippen LogP contribution in [0.3, 0.4) is 0 Å². The average Bonchev–Trinajstić information content (AvgIpc) is 2.91. The molecule has 15 heavy (non-hydrogen) atoms. The molecule has 0 radical (unpaired) electrons. The highest BCUT2D eigenvalue weighted by Gasteiger charge is 2.32. The Hall–Kier alpha value is -0.830. The lowest BCUT2D eigenvalue weighted by molar-refractivity contribution is 0.527. The predicted octanol–water partition coefficient (Wildman–Crippen LogP) is 2.31. The fraction of sp³-hybridized carbons (Fsp3) is 0.750. The number of nitrogens with two attached hydrogens (primary N) is 1. The number of nitrogens with zero attached hydrogens (tertiary/aromatic N) is 2. The standard InChI is InChI=1S/C12H21N3/c1-9(2)15-8-11(7-14-15)12(5-6-13)10-3-4-10/h7-10,12H,3-6,13H2,1-2H3. The van der Waals surface area contributed by atoms with E-state index in [1.54, 1.807) is 0 Å². The number of hydrogen-bond acceptors (Lipinski definition) is 2. The van der Waals surface area contributed by atoms with Crippen molar-refractivity contribution >= 4 is 0 Å². The summed E-state index contributed by atoms with van der Waals surface area (Å²) in [6, 6.07) is 0.455. The van der Waals surface area contributed by atoms with Gasteiger partial charge in [-0.3, -0.25) is 4.68 Å². The van der Waals surface area contributed by atoms with Gasteiger partial charge in [-0.1, -0.05) is 0 Å². The maximum absolute atomic E-state index is 5.67. The van der Waals surface area contributed by atoms with E-state index in [1.165, 1.54) is 18.4 Å². The molecule has 2 N–H and O–H groups in total. The molecule has 1 atom stereocenters. The third kappa shape index (κ3) is 2.40. The Labute approximate surface area is 91.7 Å². The van der Waals surface area contributed by atoms with Crippen molar-refractivity contribution in [2.24, 2.45) is 11.7 Å². The molecule has 0 amide bonds. The van der Waals surface area contributed by atoms with Gasteiger partial charge < -0.3 is 5.73 Å². The van der Waals surface area contributed by atoms with Crippen molar-refractivity contribution in [2.45, 2.75) is 45.1 Å². The van der Waals surface area contributed by atoms with Crippen molar-refractivity contribution in [3.05, 3.63) is 18.0 Å². The summed E-state index contributed by atoms with van der Waals surface area (Å²) < 4.78 is 2.04. The minimum atomic E-state index is 0.455. The van der Waals surface area contributed by atoms with E-state index in [0.29, 0.717) is 12.0 Å². The molecule has 1 unspecified atom stereocenters. The third-order valence-corrected chi connectivity index (χ3v) is 3.25. The van der Waals surface area contributed by atoms with E-state index in [4.69, 9.17) is 5.73 Å². The normalized spacial score (nSPS) is 18.4. The van der Waals surface area contributed by atoms with Crippen LogP contribution < -0.4 is 5.73 Å². The number of rotatable bonds is 5. The summed E-state index contributed by atoms with van der Waals surface area (Å²) in [5.41, 5.74) is 7.06. The van der Waals surface area contributed by atoms with E-state index in [0.717, 1.165) is 18.9 Å². The Balaban J connectivity index is 2.10. The summed E-state index contributed by atoms with van der Waals surface area (Å²) in [6.45, 7) is 5.10. The summed E-state index contributed by atoms with van der Waals surface area (Å²) >= 11 is 0. The first-order valence-electron chi connectivity index (χ1n) is 5.96. The van der Waals surface area contributed by atoms with Gasteiger partial charge in [0.15, 0.2) is 0 Å². The second-order valence-corrected chi connectivity index (χ2v) is 4.87. The Kier molecular flexibility index (Phi) is 3.10. The van der Waals surface area contributed by atoms with Gasteiger partial charge in [-0.25, -0.2) is 0 Å². The summed E-state index contributed by atoms with van der Waals surface area (Å²) in [7, 11) is 0. The molecule has 2 rings (SSSR count). The molecular formula is C12H21N3. The van der Waals surface area contributed by atoms with E-state index < -0.39 is 0 Å². The van der Waals surface area contributed by atoms with Crippen molar-refractivity contribution in [3.63, 3.8) is 0 Å². The first-order valence-corrected chi connectivity index (χ1v) is 5.96. The minimum absolute atomic E-state index is 0.455.